The Morgan fingerprint density at radius 3 is 1.39 bits per heavy atom. The summed E-state index contributed by atoms with van der Waals surface area (Å²) in [6, 6.07) is 11.9. The molecule has 8 atom stereocenters. The normalized spacial score (nSPS) is 17.9. The van der Waals surface area contributed by atoms with Gasteiger partial charge in [0.05, 0.1) is 26.4 Å². The molecular weight excluding hydrogens is 1130 g/mol. The maximum absolute atomic E-state index is 15.0. The number of pyridine rings is 2. The molecule has 2 aromatic heterocycles. The lowest BCUT2D eigenvalue weighted by Gasteiger charge is -2.34. The molecule has 0 spiro atoms. The minimum atomic E-state index is -1.55. The van der Waals surface area contributed by atoms with Gasteiger partial charge in [0.15, 0.2) is 24.4 Å². The molecule has 2 aliphatic carbocycles. The zero-order valence-corrected chi connectivity index (χ0v) is 53.0. The van der Waals surface area contributed by atoms with Gasteiger partial charge in [-0.05, 0) is 99.1 Å². The Bertz CT molecular complexity index is 2790. The van der Waals surface area contributed by atoms with Gasteiger partial charge in [0.25, 0.3) is 17.7 Å². The van der Waals surface area contributed by atoms with Gasteiger partial charge in [-0.3, -0.25) is 19.2 Å². The molecule has 0 bridgehead atoms. The Kier molecular flexibility index (Phi) is 25.5. The molecule has 23 heteroatoms. The number of amides is 3. The highest BCUT2D eigenvalue weighted by Crippen LogP contribution is 2.36. The van der Waals surface area contributed by atoms with Crippen molar-refractivity contribution >= 4 is 59.2 Å². The van der Waals surface area contributed by atoms with Crippen molar-refractivity contribution in [2.45, 2.75) is 161 Å². The van der Waals surface area contributed by atoms with Gasteiger partial charge in [-0.25, -0.2) is 29.1 Å². The highest BCUT2D eigenvalue weighted by atomic mass is 16.6. The van der Waals surface area contributed by atoms with Gasteiger partial charge in [0, 0.05) is 72.6 Å². The van der Waals surface area contributed by atoms with E-state index in [0.717, 1.165) is 37.1 Å². The minimum absolute atomic E-state index is 0.0358. The molecule has 23 nitrogen and oxygen atoms in total. The van der Waals surface area contributed by atoms with Crippen molar-refractivity contribution < 1.29 is 71.5 Å². The van der Waals surface area contributed by atoms with Crippen LogP contribution in [0, 0.1) is 23.7 Å². The standard InChI is InChI=1S/C65H92N8O15/c1-41(2)32-51(70(9)59(75)54(87-62(78)50(66-7)34-45-16-17-45)36-48-20-22-56(67-38-48)72-24-28-82-29-25-72)63(79)85-43(5)58(74)69(8)53(35-46-18-19-46)65(81)88-55(37-49-21-23-57(68-39-49)73-26-30-83-31-27-73)60(76)71(10)52(33-42(3)4)64(80)86-44(6)61(77)84-40-47-14-12-11-13-15-47/h11-15,20-23,38-39,41-46,50-55,66H,16-19,24-37,40H2,1-10H3/t43-,44-,50+,51+,52+,53+,54-,55-/m1/s1. The molecule has 3 aromatic rings. The summed E-state index contributed by atoms with van der Waals surface area (Å²) in [7, 11) is 5.93. The van der Waals surface area contributed by atoms with Crippen LogP contribution in [-0.4, -0.2) is 202 Å². The molecule has 1 N–H and O–H groups in total. The van der Waals surface area contributed by atoms with Crippen molar-refractivity contribution in [3.05, 3.63) is 83.7 Å². The van der Waals surface area contributed by atoms with E-state index in [-0.39, 0.29) is 56.5 Å². The maximum Gasteiger partial charge on any atom is 0.347 e. The van der Waals surface area contributed by atoms with Crippen LogP contribution in [0.25, 0.3) is 0 Å². The first-order chi connectivity index (χ1) is 42.1. The molecule has 4 fully saturated rings. The number of aromatic nitrogens is 2. The number of hydrogen-bond acceptors (Lipinski definition) is 20. The van der Waals surface area contributed by atoms with E-state index in [0.29, 0.717) is 81.9 Å². The van der Waals surface area contributed by atoms with E-state index in [4.69, 9.17) is 33.2 Å². The molecule has 4 aliphatic rings. The first-order valence-corrected chi connectivity index (χ1v) is 31.2. The van der Waals surface area contributed by atoms with Crippen LogP contribution in [0.5, 0.6) is 0 Å². The number of esters is 5. The largest absolute Gasteiger partial charge is 0.458 e. The van der Waals surface area contributed by atoms with Crippen LogP contribution in [0.1, 0.15) is 110 Å². The van der Waals surface area contributed by atoms with Crippen LogP contribution < -0.4 is 15.1 Å². The predicted molar refractivity (Wildman–Crippen MR) is 325 cm³/mol. The van der Waals surface area contributed by atoms with Gasteiger partial charge in [0.1, 0.15) is 42.4 Å². The van der Waals surface area contributed by atoms with Crippen LogP contribution in [0.3, 0.4) is 0 Å². The monoisotopic (exact) mass is 1220 g/mol. The van der Waals surface area contributed by atoms with Crippen LogP contribution in [0.15, 0.2) is 67.0 Å². The van der Waals surface area contributed by atoms with Crippen molar-refractivity contribution in [2.75, 3.05) is 90.6 Å². The van der Waals surface area contributed by atoms with E-state index in [9.17, 15) is 38.4 Å². The number of benzene rings is 1. The number of nitrogens with zero attached hydrogens (tertiary/aromatic N) is 7. The second kappa shape index (κ2) is 32.8. The number of morpholine rings is 2. The van der Waals surface area contributed by atoms with Crippen LogP contribution in [-0.2, 0) is 91.0 Å². The zero-order chi connectivity index (χ0) is 63.6. The summed E-state index contributed by atoms with van der Waals surface area (Å²) < 4.78 is 40.4. The smallest absolute Gasteiger partial charge is 0.347 e. The van der Waals surface area contributed by atoms with Crippen molar-refractivity contribution in [2.24, 2.45) is 23.7 Å². The predicted octanol–water partition coefficient (Wildman–Crippen LogP) is 5.13. The number of likely N-dealkylation sites (N-methyl/N-ethyl adjacent to an activating group) is 4. The van der Waals surface area contributed by atoms with Gasteiger partial charge in [-0.15, -0.1) is 0 Å². The van der Waals surface area contributed by atoms with Gasteiger partial charge in [-0.1, -0.05) is 95.8 Å². The van der Waals surface area contributed by atoms with Crippen molar-refractivity contribution in [3.8, 4) is 0 Å². The Hall–Kier alpha value is -7.24. The zero-order valence-electron chi connectivity index (χ0n) is 53.0. The lowest BCUT2D eigenvalue weighted by molar-refractivity contribution is -0.175. The van der Waals surface area contributed by atoms with Crippen molar-refractivity contribution in [1.29, 1.82) is 0 Å². The van der Waals surface area contributed by atoms with Crippen LogP contribution in [0.4, 0.5) is 11.6 Å². The molecule has 2 saturated heterocycles. The number of carbonyl (C=O) groups is 8. The first-order valence-electron chi connectivity index (χ1n) is 31.2. The highest BCUT2D eigenvalue weighted by Gasteiger charge is 2.43. The molecule has 2 aliphatic heterocycles. The molecular formula is C65H92N8O15. The van der Waals surface area contributed by atoms with E-state index in [1.165, 1.54) is 49.7 Å². The Morgan fingerprint density at radius 1 is 0.523 bits per heavy atom. The third-order valence-electron chi connectivity index (χ3n) is 16.5. The molecule has 4 heterocycles. The summed E-state index contributed by atoms with van der Waals surface area (Å²) in [5.41, 5.74) is 1.90. The number of rotatable bonds is 32. The third-order valence-corrected chi connectivity index (χ3v) is 16.5. The van der Waals surface area contributed by atoms with Gasteiger partial charge in [0.2, 0.25) is 0 Å². The average Bonchev–Trinajstić information content (AvgIpc) is 2.71. The molecule has 0 unspecified atom stereocenters. The fourth-order valence-electron chi connectivity index (χ4n) is 10.7. The average molecular weight is 1230 g/mol. The maximum atomic E-state index is 15.0. The summed E-state index contributed by atoms with van der Waals surface area (Å²) in [4.78, 5) is 132. The van der Waals surface area contributed by atoms with Crippen LogP contribution in [0.2, 0.25) is 0 Å². The number of carbonyl (C=O) groups excluding carboxylic acids is 8. The first kappa shape index (κ1) is 68.3. The van der Waals surface area contributed by atoms with E-state index >= 15 is 0 Å². The number of nitrogens with one attached hydrogen (secondary N) is 1. The van der Waals surface area contributed by atoms with E-state index in [2.05, 4.69) is 25.1 Å². The summed E-state index contributed by atoms with van der Waals surface area (Å²) >= 11 is 0. The Morgan fingerprint density at radius 2 is 0.955 bits per heavy atom. The number of anilines is 2. The Balaban J connectivity index is 1.08. The molecule has 2 saturated carbocycles. The molecule has 1 aromatic carbocycles. The minimum Gasteiger partial charge on any atom is -0.458 e. The quantitative estimate of drug-likeness (QED) is 0.0628. The molecule has 482 valence electrons. The topological polar surface area (TPSA) is 255 Å². The van der Waals surface area contributed by atoms with Gasteiger partial charge >= 0.3 is 29.8 Å². The van der Waals surface area contributed by atoms with Crippen molar-refractivity contribution in [3.63, 3.8) is 0 Å². The van der Waals surface area contributed by atoms with Crippen LogP contribution >= 0.6 is 0 Å². The second-order valence-electron chi connectivity index (χ2n) is 24.6. The molecule has 7 rings (SSSR count). The van der Waals surface area contributed by atoms with E-state index < -0.39 is 96.2 Å². The number of ether oxygens (including phenoxy) is 7. The summed E-state index contributed by atoms with van der Waals surface area (Å²) in [5, 5.41) is 3.04. The lowest BCUT2D eigenvalue weighted by atomic mass is 10.0. The summed E-state index contributed by atoms with van der Waals surface area (Å²) in [6.07, 6.45) is 1.85. The fourth-order valence-corrected chi connectivity index (χ4v) is 10.7. The Labute approximate surface area is 517 Å². The second-order valence-corrected chi connectivity index (χ2v) is 24.6. The van der Waals surface area contributed by atoms with Crippen molar-refractivity contribution in [1.82, 2.24) is 30.0 Å². The number of hydrogen-bond donors (Lipinski definition) is 1. The summed E-state index contributed by atoms with van der Waals surface area (Å²) in [6.45, 7) is 15.1. The van der Waals surface area contributed by atoms with Gasteiger partial charge < -0.3 is 63.0 Å². The lowest BCUT2D eigenvalue weighted by Crippen LogP contribution is -2.53. The fraction of sp³-hybridized carbons (Fsp3) is 0.631. The SMILES string of the molecule is CN[C@@H](CC1CC1)C(=O)O[C@H](Cc1ccc(N2CCOCC2)nc1)C(=O)N(C)[C@@H](CC(C)C)C(=O)O[C@H](C)C(=O)N(C)[C@@H](CC1CC1)C(=O)O[C@H](Cc1ccc(N2CCOCC2)nc1)C(=O)N(C)[C@@H](CC(C)C)C(=O)O[C@H](C)C(=O)OCc1ccccc1. The molecule has 0 radical (unpaired) electrons. The third kappa shape index (κ3) is 20.1. The molecule has 88 heavy (non-hydrogen) atoms. The van der Waals surface area contributed by atoms with Gasteiger partial charge in [-0.2, -0.15) is 0 Å². The molecule has 3 amide bonds. The highest BCUT2D eigenvalue weighted by molar-refractivity contribution is 5.93. The summed E-state index contributed by atoms with van der Waals surface area (Å²) in [5.74, 6) is -4.64. The van der Waals surface area contributed by atoms with E-state index in [1.54, 1.807) is 49.8 Å². The van der Waals surface area contributed by atoms with E-state index in [1.807, 2.05) is 52.0 Å².